The molecule has 0 unspecified atom stereocenters. The largest absolute Gasteiger partial charge is 0.287 e. The molecule has 0 N–H and O–H groups in total. The molecule has 140 valence electrons. The number of benzene rings is 1. The van der Waals surface area contributed by atoms with Crippen LogP contribution in [-0.4, -0.2) is 29.5 Å². The lowest BCUT2D eigenvalue weighted by atomic mass is 10.2. The van der Waals surface area contributed by atoms with Gasteiger partial charge in [-0.05, 0) is 24.3 Å². The van der Waals surface area contributed by atoms with E-state index in [1.54, 1.807) is 52.4 Å². The molecular weight excluding hydrogens is 388 g/mol. The van der Waals surface area contributed by atoms with Gasteiger partial charge in [-0.2, -0.15) is 10.2 Å². The smallest absolute Gasteiger partial charge is 0.209 e. The maximum absolute atomic E-state index is 12.6. The molecule has 0 saturated heterocycles. The average Bonchev–Trinajstić information content (AvgIpc) is 3.23. The van der Waals surface area contributed by atoms with E-state index in [1.165, 1.54) is 6.07 Å². The molecule has 0 aliphatic rings. The first kappa shape index (κ1) is 17.3. The summed E-state index contributed by atoms with van der Waals surface area (Å²) in [4.78, 5) is 21.0. The highest BCUT2D eigenvalue weighted by atomic mass is 35.5. The molecule has 0 aliphatic carbocycles. The fourth-order valence-electron chi connectivity index (χ4n) is 3.20. The summed E-state index contributed by atoms with van der Waals surface area (Å²) in [6, 6.07) is 16.3. The third kappa shape index (κ3) is 3.07. The zero-order valence-electron chi connectivity index (χ0n) is 15.0. The molecule has 5 rings (SSSR count). The lowest BCUT2D eigenvalue weighted by molar-refractivity contribution is 0.822. The lowest BCUT2D eigenvalue weighted by Crippen LogP contribution is -2.15. The molecule has 0 spiro atoms. The SMILES string of the molecule is O=c1ccn(-c2ccnc(Cl)c2)nc1-c1ccnn1-c1ccnc2ccccc12. The van der Waals surface area contributed by atoms with Gasteiger partial charge in [-0.25, -0.2) is 14.3 Å². The third-order valence-corrected chi connectivity index (χ3v) is 4.73. The predicted octanol–water partition coefficient (Wildman–Crippen LogP) is 3.68. The maximum atomic E-state index is 12.6. The summed E-state index contributed by atoms with van der Waals surface area (Å²) in [5.41, 5.74) is 3.02. The van der Waals surface area contributed by atoms with E-state index >= 15 is 0 Å². The van der Waals surface area contributed by atoms with Crippen molar-refractivity contribution in [2.75, 3.05) is 0 Å². The Morgan fingerprint density at radius 2 is 1.76 bits per heavy atom. The zero-order chi connectivity index (χ0) is 19.8. The number of hydrogen-bond donors (Lipinski definition) is 0. The molecule has 4 aromatic heterocycles. The normalized spacial score (nSPS) is 11.1. The number of rotatable bonds is 3. The molecule has 7 nitrogen and oxygen atoms in total. The number of aromatic nitrogens is 6. The van der Waals surface area contributed by atoms with Crippen molar-refractivity contribution in [1.82, 2.24) is 29.5 Å². The second kappa shape index (κ2) is 6.96. The van der Waals surface area contributed by atoms with Crippen molar-refractivity contribution in [3.8, 4) is 22.8 Å². The van der Waals surface area contributed by atoms with Crippen molar-refractivity contribution in [2.45, 2.75) is 0 Å². The first-order valence-electron chi connectivity index (χ1n) is 8.81. The number of para-hydroxylation sites is 1. The lowest BCUT2D eigenvalue weighted by Gasteiger charge is -2.11. The van der Waals surface area contributed by atoms with E-state index in [4.69, 9.17) is 11.6 Å². The highest BCUT2D eigenvalue weighted by Gasteiger charge is 2.15. The van der Waals surface area contributed by atoms with Crippen LogP contribution in [-0.2, 0) is 0 Å². The first-order chi connectivity index (χ1) is 14.2. The van der Waals surface area contributed by atoms with Crippen molar-refractivity contribution in [2.24, 2.45) is 0 Å². The molecule has 0 aliphatic heterocycles. The minimum atomic E-state index is -0.207. The minimum absolute atomic E-state index is 0.207. The first-order valence-corrected chi connectivity index (χ1v) is 9.19. The summed E-state index contributed by atoms with van der Waals surface area (Å²) in [6.07, 6.45) is 6.55. The van der Waals surface area contributed by atoms with Gasteiger partial charge in [-0.3, -0.25) is 9.78 Å². The highest BCUT2D eigenvalue weighted by molar-refractivity contribution is 6.29. The van der Waals surface area contributed by atoms with Crippen LogP contribution in [0, 0.1) is 0 Å². The van der Waals surface area contributed by atoms with Crippen molar-refractivity contribution >= 4 is 22.5 Å². The van der Waals surface area contributed by atoms with Gasteiger partial charge in [0.05, 0.1) is 28.8 Å². The van der Waals surface area contributed by atoms with Crippen LogP contribution in [0.5, 0.6) is 0 Å². The second-order valence-electron chi connectivity index (χ2n) is 6.29. The molecule has 0 radical (unpaired) electrons. The summed E-state index contributed by atoms with van der Waals surface area (Å²) in [6.45, 7) is 0. The van der Waals surface area contributed by atoms with Gasteiger partial charge in [0.2, 0.25) is 5.43 Å². The summed E-state index contributed by atoms with van der Waals surface area (Å²) in [7, 11) is 0. The number of halogens is 1. The van der Waals surface area contributed by atoms with E-state index < -0.39 is 0 Å². The van der Waals surface area contributed by atoms with Crippen LogP contribution in [0.4, 0.5) is 0 Å². The Labute approximate surface area is 169 Å². The van der Waals surface area contributed by atoms with Gasteiger partial charge in [-0.1, -0.05) is 29.8 Å². The van der Waals surface area contributed by atoms with Crippen molar-refractivity contribution < 1.29 is 0 Å². The Morgan fingerprint density at radius 1 is 0.897 bits per heavy atom. The molecular formula is C21H13ClN6O. The van der Waals surface area contributed by atoms with Crippen LogP contribution in [0.3, 0.4) is 0 Å². The van der Waals surface area contributed by atoms with Crippen LogP contribution >= 0.6 is 11.6 Å². The van der Waals surface area contributed by atoms with Crippen LogP contribution in [0.1, 0.15) is 0 Å². The standard InChI is InChI=1S/C21H13ClN6O/c22-20-13-14(5-9-24-20)27-12-8-19(29)21(26-27)18-7-11-25-28(18)17-6-10-23-16-4-2-1-3-15(16)17/h1-13H. The van der Waals surface area contributed by atoms with E-state index in [-0.39, 0.29) is 11.1 Å². The summed E-state index contributed by atoms with van der Waals surface area (Å²) in [5, 5.41) is 10.2. The van der Waals surface area contributed by atoms with Gasteiger partial charge in [0.1, 0.15) is 5.15 Å². The van der Waals surface area contributed by atoms with Gasteiger partial charge in [0.15, 0.2) is 5.69 Å². The van der Waals surface area contributed by atoms with Crippen molar-refractivity contribution in [1.29, 1.82) is 0 Å². The third-order valence-electron chi connectivity index (χ3n) is 4.52. The van der Waals surface area contributed by atoms with Gasteiger partial charge in [0, 0.05) is 36.1 Å². The summed E-state index contributed by atoms with van der Waals surface area (Å²) in [5.74, 6) is 0. The van der Waals surface area contributed by atoms with E-state index in [0.29, 0.717) is 16.5 Å². The average molecular weight is 401 g/mol. The van der Waals surface area contributed by atoms with Crippen molar-refractivity contribution in [3.63, 3.8) is 0 Å². The molecule has 8 heteroatoms. The number of fused-ring (bicyclic) bond motifs is 1. The van der Waals surface area contributed by atoms with Gasteiger partial charge in [-0.15, -0.1) is 0 Å². The molecule has 0 fully saturated rings. The molecule has 0 saturated carbocycles. The molecule has 0 atom stereocenters. The van der Waals surface area contributed by atoms with Gasteiger partial charge in [0.25, 0.3) is 0 Å². The van der Waals surface area contributed by atoms with E-state index in [2.05, 4.69) is 20.2 Å². The number of pyridine rings is 2. The summed E-state index contributed by atoms with van der Waals surface area (Å²) >= 11 is 5.99. The van der Waals surface area contributed by atoms with E-state index in [0.717, 1.165) is 16.6 Å². The Morgan fingerprint density at radius 3 is 2.66 bits per heavy atom. The second-order valence-corrected chi connectivity index (χ2v) is 6.67. The molecule has 5 aromatic rings. The van der Waals surface area contributed by atoms with Crippen LogP contribution in [0.2, 0.25) is 5.15 Å². The van der Waals surface area contributed by atoms with Crippen LogP contribution in [0.25, 0.3) is 33.7 Å². The van der Waals surface area contributed by atoms with Gasteiger partial charge >= 0.3 is 0 Å². The van der Waals surface area contributed by atoms with Crippen LogP contribution < -0.4 is 5.43 Å². The Bertz CT molecular complexity index is 1400. The quantitative estimate of drug-likeness (QED) is 0.432. The molecule has 0 bridgehead atoms. The monoisotopic (exact) mass is 400 g/mol. The molecule has 0 amide bonds. The molecule has 1 aromatic carbocycles. The Hall–Kier alpha value is -3.84. The molecule has 4 heterocycles. The van der Waals surface area contributed by atoms with E-state index in [9.17, 15) is 4.79 Å². The summed E-state index contributed by atoms with van der Waals surface area (Å²) < 4.78 is 3.30. The van der Waals surface area contributed by atoms with Gasteiger partial charge < -0.3 is 0 Å². The fraction of sp³-hybridized carbons (Fsp3) is 0. The highest BCUT2D eigenvalue weighted by Crippen LogP contribution is 2.24. The Balaban J connectivity index is 1.70. The minimum Gasteiger partial charge on any atom is -0.287 e. The predicted molar refractivity (Wildman–Crippen MR) is 110 cm³/mol. The van der Waals surface area contributed by atoms with Crippen molar-refractivity contribution in [3.05, 3.63) is 94.8 Å². The maximum Gasteiger partial charge on any atom is 0.209 e. The van der Waals surface area contributed by atoms with Crippen LogP contribution in [0.15, 0.2) is 84.2 Å². The number of nitrogens with zero attached hydrogens (tertiary/aromatic N) is 6. The topological polar surface area (TPSA) is 78.5 Å². The molecule has 29 heavy (non-hydrogen) atoms. The zero-order valence-corrected chi connectivity index (χ0v) is 15.7. The fourth-order valence-corrected chi connectivity index (χ4v) is 3.37. The Kier molecular flexibility index (Phi) is 4.14. The number of hydrogen-bond acceptors (Lipinski definition) is 5. The van der Waals surface area contributed by atoms with E-state index in [1.807, 2.05) is 30.3 Å².